The summed E-state index contributed by atoms with van der Waals surface area (Å²) in [6.45, 7) is 3.96. The fourth-order valence-corrected chi connectivity index (χ4v) is 3.11. The molecule has 0 aliphatic carbocycles. The molecule has 0 amide bonds. The number of nitrogens with one attached hydrogen (secondary N) is 2. The highest BCUT2D eigenvalue weighted by Crippen LogP contribution is 2.30. The Labute approximate surface area is 200 Å². The first-order valence-electron chi connectivity index (χ1n) is 10.1. The summed E-state index contributed by atoms with van der Waals surface area (Å²) >= 11 is 0. The van der Waals surface area contributed by atoms with Crippen LogP contribution in [-0.2, 0) is 19.5 Å². The Morgan fingerprint density at radius 2 is 1.94 bits per heavy atom. The van der Waals surface area contributed by atoms with E-state index in [0.717, 1.165) is 24.5 Å². The number of aryl methyl sites for hydroxylation is 2. The fraction of sp³-hybridized carbons (Fsp3) is 0.304. The van der Waals surface area contributed by atoms with Crippen molar-refractivity contribution in [3.63, 3.8) is 0 Å². The Morgan fingerprint density at radius 1 is 1.13 bits per heavy atom. The summed E-state index contributed by atoms with van der Waals surface area (Å²) in [7, 11) is 3.37. The van der Waals surface area contributed by atoms with Crippen molar-refractivity contribution in [2.45, 2.75) is 26.4 Å². The Balaban J connectivity index is 0.00000341. The highest BCUT2D eigenvalue weighted by Gasteiger charge is 2.08. The monoisotopic (exact) mass is 535 g/mol. The van der Waals surface area contributed by atoms with E-state index in [9.17, 15) is 0 Å². The summed E-state index contributed by atoms with van der Waals surface area (Å²) < 4.78 is 13.1. The molecule has 1 aromatic heterocycles. The van der Waals surface area contributed by atoms with Crippen LogP contribution in [0.1, 0.15) is 18.3 Å². The number of anilines is 1. The molecule has 0 atom stereocenters. The van der Waals surface area contributed by atoms with Gasteiger partial charge in [0.15, 0.2) is 17.5 Å². The van der Waals surface area contributed by atoms with Gasteiger partial charge in [0.05, 0.1) is 20.3 Å². The third-order valence-corrected chi connectivity index (χ3v) is 4.65. The minimum Gasteiger partial charge on any atom is -0.493 e. The second-order valence-corrected chi connectivity index (χ2v) is 6.62. The number of nitrogens with zero attached hydrogens (tertiary/aromatic N) is 3. The van der Waals surface area contributed by atoms with E-state index in [0.29, 0.717) is 30.6 Å². The van der Waals surface area contributed by atoms with Gasteiger partial charge in [-0.1, -0.05) is 30.3 Å². The van der Waals surface area contributed by atoms with Crippen LogP contribution in [0.25, 0.3) is 0 Å². The number of guanidine groups is 1. The lowest BCUT2D eigenvalue weighted by Gasteiger charge is -2.15. The van der Waals surface area contributed by atoms with E-state index in [-0.39, 0.29) is 24.0 Å². The molecular formula is C23H30IN5O2. The third kappa shape index (κ3) is 7.16. The van der Waals surface area contributed by atoms with Crippen LogP contribution in [0.4, 0.5) is 5.69 Å². The maximum Gasteiger partial charge on any atom is 0.195 e. The molecule has 0 saturated heterocycles. The van der Waals surface area contributed by atoms with Gasteiger partial charge in [0.25, 0.3) is 0 Å². The van der Waals surface area contributed by atoms with Gasteiger partial charge in [-0.05, 0) is 31.0 Å². The third-order valence-electron chi connectivity index (χ3n) is 4.65. The average molecular weight is 535 g/mol. The number of hydrogen-bond donors (Lipinski definition) is 2. The standard InChI is InChI=1S/C23H29N5O2.HI/c1-4-30-21-16-19(10-11-20(21)29-3)27-23(24-2)26-17-22-25-13-15-28(22)14-12-18-8-6-5-7-9-18;/h5-11,13,15-16H,4,12,14,17H2,1-3H3,(H2,24,26,27);1H. The maximum atomic E-state index is 5.64. The molecule has 0 unspecified atom stereocenters. The summed E-state index contributed by atoms with van der Waals surface area (Å²) in [4.78, 5) is 8.79. The number of aliphatic imine (C=N–C) groups is 1. The van der Waals surface area contributed by atoms with E-state index in [4.69, 9.17) is 9.47 Å². The summed E-state index contributed by atoms with van der Waals surface area (Å²) in [5.41, 5.74) is 2.17. The summed E-state index contributed by atoms with van der Waals surface area (Å²) in [6.07, 6.45) is 4.80. The molecule has 0 fully saturated rings. The molecule has 0 spiro atoms. The zero-order chi connectivity index (χ0) is 21.2. The van der Waals surface area contributed by atoms with Crippen molar-refractivity contribution in [3.8, 4) is 11.5 Å². The van der Waals surface area contributed by atoms with E-state index in [1.165, 1.54) is 5.56 Å². The van der Waals surface area contributed by atoms with Gasteiger partial charge in [0.1, 0.15) is 5.82 Å². The van der Waals surface area contributed by atoms with Gasteiger partial charge in [-0.25, -0.2) is 4.98 Å². The minimum absolute atomic E-state index is 0. The van der Waals surface area contributed by atoms with Crippen LogP contribution in [0.5, 0.6) is 11.5 Å². The number of halogens is 1. The molecule has 1 heterocycles. The molecule has 2 aromatic carbocycles. The SMILES string of the molecule is CCOc1cc(NC(=NC)NCc2nccn2CCc2ccccc2)ccc1OC.I. The lowest BCUT2D eigenvalue weighted by atomic mass is 10.1. The van der Waals surface area contributed by atoms with Crippen LogP contribution < -0.4 is 20.1 Å². The molecule has 166 valence electrons. The van der Waals surface area contributed by atoms with Gasteiger partial charge in [-0.3, -0.25) is 4.99 Å². The molecule has 8 heteroatoms. The van der Waals surface area contributed by atoms with Gasteiger partial charge in [-0.2, -0.15) is 0 Å². The largest absolute Gasteiger partial charge is 0.493 e. The van der Waals surface area contributed by atoms with Crippen molar-refractivity contribution in [1.29, 1.82) is 0 Å². The van der Waals surface area contributed by atoms with Crippen molar-refractivity contribution < 1.29 is 9.47 Å². The number of imidazole rings is 1. The van der Waals surface area contributed by atoms with Crippen molar-refractivity contribution >= 4 is 35.6 Å². The van der Waals surface area contributed by atoms with Crippen LogP contribution in [0.3, 0.4) is 0 Å². The van der Waals surface area contributed by atoms with Gasteiger partial charge in [-0.15, -0.1) is 24.0 Å². The smallest absolute Gasteiger partial charge is 0.195 e. The molecule has 0 saturated carbocycles. The second kappa shape index (κ2) is 12.8. The van der Waals surface area contributed by atoms with Crippen LogP contribution >= 0.6 is 24.0 Å². The zero-order valence-electron chi connectivity index (χ0n) is 18.2. The Bertz CT molecular complexity index is 960. The van der Waals surface area contributed by atoms with E-state index in [1.54, 1.807) is 14.2 Å². The zero-order valence-corrected chi connectivity index (χ0v) is 20.5. The van der Waals surface area contributed by atoms with Gasteiger partial charge in [0.2, 0.25) is 0 Å². The van der Waals surface area contributed by atoms with E-state index >= 15 is 0 Å². The predicted octanol–water partition coefficient (Wildman–Crippen LogP) is 4.34. The molecule has 0 radical (unpaired) electrons. The van der Waals surface area contributed by atoms with E-state index in [1.807, 2.05) is 43.6 Å². The van der Waals surface area contributed by atoms with Crippen LogP contribution in [0.15, 0.2) is 65.9 Å². The molecule has 2 N–H and O–H groups in total. The Morgan fingerprint density at radius 3 is 2.65 bits per heavy atom. The molecule has 0 bridgehead atoms. The molecule has 0 aliphatic rings. The molecule has 31 heavy (non-hydrogen) atoms. The summed E-state index contributed by atoms with van der Waals surface area (Å²) in [6, 6.07) is 16.2. The van der Waals surface area contributed by atoms with Gasteiger partial charge in [0, 0.05) is 37.7 Å². The van der Waals surface area contributed by atoms with Crippen molar-refractivity contribution in [1.82, 2.24) is 14.9 Å². The molecule has 7 nitrogen and oxygen atoms in total. The number of benzene rings is 2. The normalized spacial score (nSPS) is 10.9. The first-order valence-corrected chi connectivity index (χ1v) is 10.1. The van der Waals surface area contributed by atoms with Crippen LogP contribution in [0, 0.1) is 0 Å². The van der Waals surface area contributed by atoms with E-state index in [2.05, 4.69) is 49.4 Å². The average Bonchev–Trinajstić information content (AvgIpc) is 3.23. The second-order valence-electron chi connectivity index (χ2n) is 6.62. The van der Waals surface area contributed by atoms with Crippen molar-refractivity contribution in [3.05, 3.63) is 72.3 Å². The summed E-state index contributed by atoms with van der Waals surface area (Å²) in [5.74, 6) is 3.00. The quantitative estimate of drug-likeness (QED) is 0.243. The van der Waals surface area contributed by atoms with Gasteiger partial charge >= 0.3 is 0 Å². The number of ether oxygens (including phenoxy) is 2. The van der Waals surface area contributed by atoms with Crippen LogP contribution in [-0.4, -0.2) is 36.3 Å². The molecule has 3 aromatic rings. The highest BCUT2D eigenvalue weighted by molar-refractivity contribution is 14.0. The number of hydrogen-bond acceptors (Lipinski definition) is 4. The predicted molar refractivity (Wildman–Crippen MR) is 136 cm³/mol. The van der Waals surface area contributed by atoms with Crippen molar-refractivity contribution in [2.24, 2.45) is 4.99 Å². The topological polar surface area (TPSA) is 72.7 Å². The Kier molecular flexibility index (Phi) is 10.2. The highest BCUT2D eigenvalue weighted by atomic mass is 127. The Hall–Kier alpha value is -2.75. The van der Waals surface area contributed by atoms with Crippen LogP contribution in [0.2, 0.25) is 0 Å². The fourth-order valence-electron chi connectivity index (χ4n) is 3.11. The minimum atomic E-state index is 0. The molecule has 0 aliphatic heterocycles. The maximum absolute atomic E-state index is 5.64. The molecular weight excluding hydrogens is 505 g/mol. The number of methoxy groups -OCH3 is 1. The lowest BCUT2D eigenvalue weighted by Crippen LogP contribution is -2.31. The van der Waals surface area contributed by atoms with Gasteiger partial charge < -0.3 is 24.7 Å². The first-order chi connectivity index (χ1) is 14.7. The lowest BCUT2D eigenvalue weighted by molar-refractivity contribution is 0.311. The number of aromatic nitrogens is 2. The van der Waals surface area contributed by atoms with Crippen molar-refractivity contribution in [2.75, 3.05) is 26.1 Å². The number of rotatable bonds is 9. The first kappa shape index (κ1) is 24.5. The van der Waals surface area contributed by atoms with E-state index < -0.39 is 0 Å². The molecule has 3 rings (SSSR count). The summed E-state index contributed by atoms with van der Waals surface area (Å²) in [5, 5.41) is 6.61.